The normalized spacial score (nSPS) is 14.7. The van der Waals surface area contributed by atoms with Crippen LogP contribution in [0.25, 0.3) is 50.1 Å². The van der Waals surface area contributed by atoms with Crippen molar-refractivity contribution in [2.45, 2.75) is 32.6 Å². The number of hydrogen-bond donors (Lipinski definition) is 0. The number of allylic oxidation sites excluding steroid dienone is 4. The van der Waals surface area contributed by atoms with Crippen LogP contribution in [-0.2, 0) is 5.41 Å². The molecule has 0 bridgehead atoms. The van der Waals surface area contributed by atoms with E-state index in [2.05, 4.69) is 273 Å². The zero-order valence-corrected chi connectivity index (χ0v) is 37.8. The molecule has 0 radical (unpaired) electrons. The van der Waals surface area contributed by atoms with Crippen molar-refractivity contribution in [1.82, 2.24) is 0 Å². The Labute approximate surface area is 390 Å². The van der Waals surface area contributed by atoms with Crippen molar-refractivity contribution in [1.29, 1.82) is 0 Å². The van der Waals surface area contributed by atoms with Crippen LogP contribution in [0.2, 0.25) is 0 Å². The Hall–Kier alpha value is -7.94. The number of para-hydroxylation sites is 3. The van der Waals surface area contributed by atoms with Crippen LogP contribution in [0.5, 0.6) is 0 Å². The highest BCUT2D eigenvalue weighted by atomic mass is 15.2. The predicted octanol–water partition coefficient (Wildman–Crippen LogP) is 17.9. The summed E-state index contributed by atoms with van der Waals surface area (Å²) in [5.41, 5.74) is 21.6. The molecule has 0 aromatic heterocycles. The minimum atomic E-state index is -0.119. The first-order valence-corrected chi connectivity index (χ1v) is 23.2. The molecule has 2 aliphatic rings. The van der Waals surface area contributed by atoms with Crippen LogP contribution >= 0.6 is 0 Å². The van der Waals surface area contributed by atoms with Crippen molar-refractivity contribution >= 4 is 39.7 Å². The van der Waals surface area contributed by atoms with Gasteiger partial charge in [-0.25, -0.2) is 0 Å². The second kappa shape index (κ2) is 17.2. The third-order valence-corrected chi connectivity index (χ3v) is 13.7. The van der Waals surface area contributed by atoms with Gasteiger partial charge in [-0.05, 0) is 129 Å². The summed E-state index contributed by atoms with van der Waals surface area (Å²) in [5, 5.41) is 0. The predicted molar refractivity (Wildman–Crippen MR) is 280 cm³/mol. The first kappa shape index (κ1) is 40.8. The third-order valence-electron chi connectivity index (χ3n) is 13.7. The molecule has 11 rings (SSSR count). The molecule has 2 aliphatic carbocycles. The molecule has 9 aromatic rings. The van der Waals surface area contributed by atoms with E-state index in [9.17, 15) is 0 Å². The summed E-state index contributed by atoms with van der Waals surface area (Å²) < 4.78 is 0. The van der Waals surface area contributed by atoms with E-state index < -0.39 is 0 Å². The smallest absolute Gasteiger partial charge is 0.0540 e. The first-order chi connectivity index (χ1) is 32.4. The quantitative estimate of drug-likeness (QED) is 0.135. The third kappa shape index (κ3) is 7.35. The standard InChI is InChI=1S/C64H52N2/c1-45-21-20-32-59-63(45)57-42-40-53(44-60(57)64(59,2)3)66(51-37-35-47(36-38-51)46-22-8-4-9-23-46)62-34-19-17-31-56(62)55-30-16-18-33-61(55)65(50-28-14-7-15-29-50)52-39-41-54(48-24-10-5-11-25-48)58(43-52)49-26-12-6-13-27-49/h4-20,22-45H,21H2,1-3H3. The van der Waals surface area contributed by atoms with E-state index in [-0.39, 0.29) is 5.41 Å². The van der Waals surface area contributed by atoms with Gasteiger partial charge in [-0.3, -0.25) is 0 Å². The van der Waals surface area contributed by atoms with Crippen LogP contribution in [0.4, 0.5) is 34.1 Å². The number of benzene rings is 9. The lowest BCUT2D eigenvalue weighted by atomic mass is 9.79. The molecule has 9 aromatic carbocycles. The minimum absolute atomic E-state index is 0.119. The molecule has 318 valence electrons. The van der Waals surface area contributed by atoms with Crippen LogP contribution in [0, 0.1) is 5.92 Å². The lowest BCUT2D eigenvalue weighted by molar-refractivity contribution is 0.643. The van der Waals surface area contributed by atoms with Crippen molar-refractivity contribution in [3.8, 4) is 44.5 Å². The highest BCUT2D eigenvalue weighted by molar-refractivity contribution is 5.98. The summed E-state index contributed by atoms with van der Waals surface area (Å²) >= 11 is 0. The van der Waals surface area contributed by atoms with E-state index >= 15 is 0 Å². The van der Waals surface area contributed by atoms with Gasteiger partial charge in [-0.2, -0.15) is 0 Å². The molecule has 0 amide bonds. The summed E-state index contributed by atoms with van der Waals surface area (Å²) in [5.74, 6) is 0.487. The maximum atomic E-state index is 2.48. The van der Waals surface area contributed by atoms with Gasteiger partial charge in [0.25, 0.3) is 0 Å². The van der Waals surface area contributed by atoms with Crippen molar-refractivity contribution < 1.29 is 0 Å². The topological polar surface area (TPSA) is 6.48 Å². The summed E-state index contributed by atoms with van der Waals surface area (Å²) in [6.07, 6.45) is 5.83. The number of anilines is 6. The van der Waals surface area contributed by atoms with Gasteiger partial charge in [0.2, 0.25) is 0 Å². The lowest BCUT2D eigenvalue weighted by Crippen LogP contribution is -2.18. The van der Waals surface area contributed by atoms with E-state index in [0.717, 1.165) is 51.7 Å². The van der Waals surface area contributed by atoms with Crippen LogP contribution in [0.15, 0.2) is 248 Å². The maximum Gasteiger partial charge on any atom is 0.0540 e. The average Bonchev–Trinajstić information content (AvgIpc) is 3.61. The summed E-state index contributed by atoms with van der Waals surface area (Å²) in [6.45, 7) is 7.18. The number of fused-ring (bicyclic) bond motifs is 2. The largest absolute Gasteiger partial charge is 0.310 e. The molecule has 2 heteroatoms. The van der Waals surface area contributed by atoms with Gasteiger partial charge in [-0.15, -0.1) is 0 Å². The SMILES string of the molecule is CC1CC=CC2=C1c1ccc(N(c3ccc(-c4ccccc4)cc3)c3ccccc3-c3ccccc3N(c3ccccc3)c3ccc(-c4ccccc4)c(-c4ccccc4)c3)cc1C2(C)C. The van der Waals surface area contributed by atoms with Gasteiger partial charge in [0, 0.05) is 39.3 Å². The Morgan fingerprint density at radius 1 is 0.379 bits per heavy atom. The summed E-state index contributed by atoms with van der Waals surface area (Å²) in [4.78, 5) is 4.90. The average molecular weight is 849 g/mol. The van der Waals surface area contributed by atoms with Crippen LogP contribution in [0.3, 0.4) is 0 Å². The highest BCUT2D eigenvalue weighted by Crippen LogP contribution is 2.54. The molecule has 0 aliphatic heterocycles. The van der Waals surface area contributed by atoms with Crippen LogP contribution in [-0.4, -0.2) is 0 Å². The van der Waals surface area contributed by atoms with Gasteiger partial charge in [-0.1, -0.05) is 203 Å². The molecule has 0 saturated heterocycles. The van der Waals surface area contributed by atoms with Crippen molar-refractivity contribution in [2.24, 2.45) is 5.92 Å². The fraction of sp³-hybridized carbons (Fsp3) is 0.0938. The van der Waals surface area contributed by atoms with Crippen LogP contribution in [0.1, 0.15) is 38.3 Å². The van der Waals surface area contributed by atoms with E-state index in [0.29, 0.717) is 5.92 Å². The molecule has 0 saturated carbocycles. The molecule has 0 spiro atoms. The molecule has 0 fully saturated rings. The Balaban J connectivity index is 1.10. The fourth-order valence-electron chi connectivity index (χ4n) is 10.4. The first-order valence-electron chi connectivity index (χ1n) is 23.2. The van der Waals surface area contributed by atoms with Gasteiger partial charge in [0.1, 0.15) is 0 Å². The lowest BCUT2D eigenvalue weighted by Gasteiger charge is -2.32. The van der Waals surface area contributed by atoms with Gasteiger partial charge < -0.3 is 9.80 Å². The van der Waals surface area contributed by atoms with Crippen molar-refractivity contribution in [3.63, 3.8) is 0 Å². The monoisotopic (exact) mass is 848 g/mol. The van der Waals surface area contributed by atoms with E-state index in [4.69, 9.17) is 0 Å². The summed E-state index contributed by atoms with van der Waals surface area (Å²) in [6, 6.07) is 84.0. The Morgan fingerprint density at radius 2 is 0.818 bits per heavy atom. The molecule has 66 heavy (non-hydrogen) atoms. The zero-order valence-electron chi connectivity index (χ0n) is 37.8. The molecule has 0 heterocycles. The van der Waals surface area contributed by atoms with Gasteiger partial charge in [0.05, 0.1) is 11.4 Å². The molecule has 2 nitrogen and oxygen atoms in total. The Morgan fingerprint density at radius 3 is 1.41 bits per heavy atom. The number of rotatable bonds is 10. The van der Waals surface area contributed by atoms with Crippen molar-refractivity contribution in [2.75, 3.05) is 9.80 Å². The van der Waals surface area contributed by atoms with Gasteiger partial charge in [0.15, 0.2) is 0 Å². The Bertz CT molecular complexity index is 3240. The molecule has 1 unspecified atom stereocenters. The second-order valence-corrected chi connectivity index (χ2v) is 18.1. The van der Waals surface area contributed by atoms with Crippen molar-refractivity contribution in [3.05, 3.63) is 259 Å². The minimum Gasteiger partial charge on any atom is -0.310 e. The van der Waals surface area contributed by atoms with E-state index in [1.165, 1.54) is 55.7 Å². The maximum absolute atomic E-state index is 2.48. The Kier molecular flexibility index (Phi) is 10.6. The van der Waals surface area contributed by atoms with E-state index in [1.54, 1.807) is 0 Å². The molecule has 0 N–H and O–H groups in total. The second-order valence-electron chi connectivity index (χ2n) is 18.1. The molecule has 1 atom stereocenters. The van der Waals surface area contributed by atoms with Crippen LogP contribution < -0.4 is 9.80 Å². The fourth-order valence-corrected chi connectivity index (χ4v) is 10.4. The van der Waals surface area contributed by atoms with Gasteiger partial charge >= 0.3 is 0 Å². The molecular weight excluding hydrogens is 797 g/mol. The summed E-state index contributed by atoms with van der Waals surface area (Å²) in [7, 11) is 0. The zero-order chi connectivity index (χ0) is 44.6. The number of nitrogens with zero attached hydrogens (tertiary/aromatic N) is 2. The number of hydrogen-bond acceptors (Lipinski definition) is 2. The molecular formula is C64H52N2. The van der Waals surface area contributed by atoms with E-state index in [1.807, 2.05) is 0 Å². The highest BCUT2D eigenvalue weighted by Gasteiger charge is 2.39.